The standard InChI is InChI=1S/C7H8O.CHCl3/c1-6-2-4-7(8)5-3-6;2-1(3)4/h2-5,8H,1H3;1H. The van der Waals surface area contributed by atoms with Crippen molar-refractivity contribution in [3.05, 3.63) is 29.8 Å². The van der Waals surface area contributed by atoms with E-state index in [4.69, 9.17) is 39.9 Å². The van der Waals surface area contributed by atoms with Crippen LogP contribution >= 0.6 is 34.8 Å². The van der Waals surface area contributed by atoms with Gasteiger partial charge in [-0.25, -0.2) is 0 Å². The molecule has 0 aliphatic rings. The Kier molecular flexibility index (Phi) is 6.35. The van der Waals surface area contributed by atoms with Gasteiger partial charge in [-0.15, -0.1) is 0 Å². The molecule has 0 radical (unpaired) electrons. The van der Waals surface area contributed by atoms with E-state index < -0.39 is 4.30 Å². The summed E-state index contributed by atoms with van der Waals surface area (Å²) in [7, 11) is 0. The van der Waals surface area contributed by atoms with Crippen molar-refractivity contribution in [1.29, 1.82) is 0 Å². The van der Waals surface area contributed by atoms with Crippen LogP contribution in [0.15, 0.2) is 24.3 Å². The van der Waals surface area contributed by atoms with Gasteiger partial charge in [0.25, 0.3) is 0 Å². The maximum Gasteiger partial charge on any atom is 0.180 e. The summed E-state index contributed by atoms with van der Waals surface area (Å²) in [6, 6.07) is 7.09. The number of halogens is 3. The Morgan fingerprint density at radius 3 is 1.67 bits per heavy atom. The molecule has 0 aromatic heterocycles. The second kappa shape index (κ2) is 6.41. The molecular weight excluding hydrogens is 218 g/mol. The number of rotatable bonds is 0. The molecule has 0 spiro atoms. The number of aryl methyl sites for hydroxylation is 1. The van der Waals surface area contributed by atoms with E-state index in [9.17, 15) is 0 Å². The molecule has 0 bridgehead atoms. The van der Waals surface area contributed by atoms with E-state index >= 15 is 0 Å². The van der Waals surface area contributed by atoms with Gasteiger partial charge in [0.15, 0.2) is 4.30 Å². The van der Waals surface area contributed by atoms with Crippen molar-refractivity contribution < 1.29 is 5.11 Å². The third kappa shape index (κ3) is 7.99. The molecule has 4 heteroatoms. The minimum Gasteiger partial charge on any atom is -0.508 e. The van der Waals surface area contributed by atoms with Crippen molar-refractivity contribution in [2.24, 2.45) is 0 Å². The van der Waals surface area contributed by atoms with E-state index in [2.05, 4.69) is 0 Å². The van der Waals surface area contributed by atoms with Crippen LogP contribution in [-0.4, -0.2) is 9.40 Å². The summed E-state index contributed by atoms with van der Waals surface area (Å²) in [5.74, 6) is 0.329. The van der Waals surface area contributed by atoms with Gasteiger partial charge in [-0.3, -0.25) is 0 Å². The summed E-state index contributed by atoms with van der Waals surface area (Å²) in [5.41, 5.74) is 1.17. The predicted molar refractivity (Wildman–Crippen MR) is 54.2 cm³/mol. The van der Waals surface area contributed by atoms with Gasteiger partial charge < -0.3 is 5.11 Å². The number of aromatic hydroxyl groups is 1. The SMILES string of the molecule is Cc1ccc(O)cc1.ClC(Cl)Cl. The zero-order valence-corrected chi connectivity index (χ0v) is 8.74. The van der Waals surface area contributed by atoms with Gasteiger partial charge in [0.2, 0.25) is 0 Å². The molecule has 0 fully saturated rings. The summed E-state index contributed by atoms with van der Waals surface area (Å²) in [5, 5.41) is 8.76. The summed E-state index contributed by atoms with van der Waals surface area (Å²) in [6.45, 7) is 1.99. The third-order valence-electron chi connectivity index (χ3n) is 1.03. The molecular formula is C8H9Cl3O. The zero-order valence-electron chi connectivity index (χ0n) is 6.47. The smallest absolute Gasteiger partial charge is 0.180 e. The van der Waals surface area contributed by atoms with Gasteiger partial charge in [0.05, 0.1) is 0 Å². The quantitative estimate of drug-likeness (QED) is 0.670. The van der Waals surface area contributed by atoms with Crippen molar-refractivity contribution in [2.75, 3.05) is 0 Å². The minimum absolute atomic E-state index is 0.329. The summed E-state index contributed by atoms with van der Waals surface area (Å²) >= 11 is 14.4. The lowest BCUT2D eigenvalue weighted by atomic mass is 10.2. The lowest BCUT2D eigenvalue weighted by Gasteiger charge is -1.89. The molecule has 0 saturated carbocycles. The first kappa shape index (κ1) is 11.9. The van der Waals surface area contributed by atoms with Crippen LogP contribution in [0.4, 0.5) is 0 Å². The van der Waals surface area contributed by atoms with E-state index in [1.807, 2.05) is 19.1 Å². The molecule has 12 heavy (non-hydrogen) atoms. The molecule has 0 saturated heterocycles. The molecule has 0 amide bonds. The highest BCUT2D eigenvalue weighted by Gasteiger charge is 1.82. The fourth-order valence-corrected chi connectivity index (χ4v) is 0.545. The molecule has 68 valence electrons. The Labute approximate surface area is 86.9 Å². The Morgan fingerprint density at radius 2 is 1.42 bits per heavy atom. The first-order valence-electron chi connectivity index (χ1n) is 3.20. The second-order valence-corrected chi connectivity index (χ2v) is 4.06. The van der Waals surface area contributed by atoms with Crippen LogP contribution in [0.2, 0.25) is 0 Å². The van der Waals surface area contributed by atoms with Gasteiger partial charge >= 0.3 is 0 Å². The van der Waals surface area contributed by atoms with Gasteiger partial charge in [0.1, 0.15) is 5.75 Å². The molecule has 1 nitrogen and oxygen atoms in total. The van der Waals surface area contributed by atoms with Crippen LogP contribution in [0.25, 0.3) is 0 Å². The average Bonchev–Trinajstić information content (AvgIpc) is 1.94. The minimum atomic E-state index is -0.750. The zero-order chi connectivity index (χ0) is 9.56. The Morgan fingerprint density at radius 1 is 1.08 bits per heavy atom. The molecule has 0 heterocycles. The van der Waals surface area contributed by atoms with Crippen molar-refractivity contribution in [1.82, 2.24) is 0 Å². The third-order valence-corrected chi connectivity index (χ3v) is 1.03. The first-order valence-corrected chi connectivity index (χ1v) is 4.51. The normalized spacial score (nSPS) is 9.08. The number of hydrogen-bond donors (Lipinski definition) is 1. The Bertz CT molecular complexity index is 184. The van der Waals surface area contributed by atoms with Crippen LogP contribution in [0.5, 0.6) is 5.75 Å². The van der Waals surface area contributed by atoms with Crippen molar-refractivity contribution in [3.63, 3.8) is 0 Å². The van der Waals surface area contributed by atoms with E-state index in [0.29, 0.717) is 5.75 Å². The number of phenols is 1. The van der Waals surface area contributed by atoms with Crippen molar-refractivity contribution >= 4 is 34.8 Å². The van der Waals surface area contributed by atoms with Crippen LogP contribution in [0.1, 0.15) is 5.56 Å². The first-order chi connectivity index (χ1) is 5.52. The monoisotopic (exact) mass is 226 g/mol. The molecule has 1 aromatic rings. The number of phenolic OH excluding ortho intramolecular Hbond substituents is 1. The maximum atomic E-state index is 8.76. The fraction of sp³-hybridized carbons (Fsp3) is 0.250. The highest BCUT2D eigenvalue weighted by molar-refractivity contribution is 6.63. The maximum absolute atomic E-state index is 8.76. The molecule has 0 aliphatic heterocycles. The largest absolute Gasteiger partial charge is 0.508 e. The highest BCUT2D eigenvalue weighted by Crippen LogP contribution is 2.07. The fourth-order valence-electron chi connectivity index (χ4n) is 0.545. The van der Waals surface area contributed by atoms with Gasteiger partial charge in [-0.05, 0) is 19.1 Å². The van der Waals surface area contributed by atoms with E-state index in [1.165, 1.54) is 5.56 Å². The Hall–Kier alpha value is -0.110. The number of benzene rings is 1. The predicted octanol–water partition coefficient (Wildman–Crippen LogP) is 3.69. The lowest BCUT2D eigenvalue weighted by molar-refractivity contribution is 0.475. The topological polar surface area (TPSA) is 20.2 Å². The molecule has 1 aromatic carbocycles. The van der Waals surface area contributed by atoms with E-state index in [0.717, 1.165) is 0 Å². The van der Waals surface area contributed by atoms with Crippen molar-refractivity contribution in [3.8, 4) is 5.75 Å². The van der Waals surface area contributed by atoms with Crippen LogP contribution in [-0.2, 0) is 0 Å². The summed E-state index contributed by atoms with van der Waals surface area (Å²) in [4.78, 5) is 0. The molecule has 0 aliphatic carbocycles. The summed E-state index contributed by atoms with van der Waals surface area (Å²) < 4.78 is -0.750. The molecule has 1 N–H and O–H groups in total. The molecule has 0 unspecified atom stereocenters. The van der Waals surface area contributed by atoms with Gasteiger partial charge in [-0.1, -0.05) is 52.5 Å². The van der Waals surface area contributed by atoms with Crippen molar-refractivity contribution in [2.45, 2.75) is 11.2 Å². The lowest BCUT2D eigenvalue weighted by Crippen LogP contribution is -1.66. The van der Waals surface area contributed by atoms with Gasteiger partial charge in [-0.2, -0.15) is 0 Å². The van der Waals surface area contributed by atoms with Crippen LogP contribution in [0.3, 0.4) is 0 Å². The number of alkyl halides is 3. The van der Waals surface area contributed by atoms with E-state index in [1.54, 1.807) is 12.1 Å². The second-order valence-electron chi connectivity index (χ2n) is 2.08. The van der Waals surface area contributed by atoms with E-state index in [-0.39, 0.29) is 0 Å². The average molecular weight is 228 g/mol. The Balaban J connectivity index is 0.000000261. The van der Waals surface area contributed by atoms with Gasteiger partial charge in [0, 0.05) is 0 Å². The molecule has 1 rings (SSSR count). The van der Waals surface area contributed by atoms with Crippen LogP contribution < -0.4 is 0 Å². The number of hydrogen-bond acceptors (Lipinski definition) is 1. The van der Waals surface area contributed by atoms with Crippen LogP contribution in [0, 0.1) is 6.92 Å². The molecule has 0 atom stereocenters. The summed E-state index contributed by atoms with van der Waals surface area (Å²) in [6.07, 6.45) is 0. The highest BCUT2D eigenvalue weighted by atomic mass is 35.6.